The summed E-state index contributed by atoms with van der Waals surface area (Å²) in [7, 11) is 0. The fourth-order valence-corrected chi connectivity index (χ4v) is 1.81. The molecule has 2 rings (SSSR count). The van der Waals surface area contributed by atoms with Crippen LogP contribution in [0.15, 0.2) is 36.7 Å². The van der Waals surface area contributed by atoms with Crippen molar-refractivity contribution in [1.82, 2.24) is 9.97 Å². The molecule has 1 heterocycles. The van der Waals surface area contributed by atoms with Gasteiger partial charge in [-0.1, -0.05) is 29.8 Å². The summed E-state index contributed by atoms with van der Waals surface area (Å²) >= 11 is 0. The van der Waals surface area contributed by atoms with Crippen molar-refractivity contribution in [3.8, 4) is 5.88 Å². The number of aryl methyl sites for hydroxylation is 1. The second-order valence-corrected chi connectivity index (χ2v) is 4.45. The Morgan fingerprint density at radius 3 is 2.63 bits per heavy atom. The van der Waals surface area contributed by atoms with E-state index in [4.69, 9.17) is 4.74 Å². The SMILES string of the molecule is CCOc1cc(NC(C)c2ccc(C)cc2)ncn1. The topological polar surface area (TPSA) is 47.0 Å². The van der Waals surface area contributed by atoms with Gasteiger partial charge in [-0.25, -0.2) is 9.97 Å². The smallest absolute Gasteiger partial charge is 0.218 e. The maximum Gasteiger partial charge on any atom is 0.218 e. The molecule has 0 saturated carbocycles. The number of nitrogens with one attached hydrogen (secondary N) is 1. The minimum atomic E-state index is 0.185. The molecule has 0 aliphatic heterocycles. The first kappa shape index (κ1) is 13.3. The monoisotopic (exact) mass is 257 g/mol. The van der Waals surface area contributed by atoms with Crippen LogP contribution in [0.25, 0.3) is 0 Å². The molecular weight excluding hydrogens is 238 g/mol. The summed E-state index contributed by atoms with van der Waals surface area (Å²) < 4.78 is 5.36. The van der Waals surface area contributed by atoms with Crippen LogP contribution in [0.1, 0.15) is 31.0 Å². The first-order valence-electron chi connectivity index (χ1n) is 6.47. The lowest BCUT2D eigenvalue weighted by molar-refractivity contribution is 0.326. The number of hydrogen-bond acceptors (Lipinski definition) is 4. The summed E-state index contributed by atoms with van der Waals surface area (Å²) in [5.41, 5.74) is 2.48. The Morgan fingerprint density at radius 1 is 1.21 bits per heavy atom. The van der Waals surface area contributed by atoms with Gasteiger partial charge in [0.1, 0.15) is 12.1 Å². The third-order valence-corrected chi connectivity index (χ3v) is 2.88. The summed E-state index contributed by atoms with van der Waals surface area (Å²) in [6.45, 7) is 6.72. The Morgan fingerprint density at radius 2 is 1.95 bits per heavy atom. The van der Waals surface area contributed by atoms with E-state index in [0.29, 0.717) is 12.5 Å². The highest BCUT2D eigenvalue weighted by atomic mass is 16.5. The number of aromatic nitrogens is 2. The number of hydrogen-bond donors (Lipinski definition) is 1. The van der Waals surface area contributed by atoms with E-state index in [0.717, 1.165) is 5.82 Å². The first-order chi connectivity index (χ1) is 9.19. The molecule has 0 aliphatic rings. The van der Waals surface area contributed by atoms with Crippen LogP contribution in [0, 0.1) is 6.92 Å². The maximum atomic E-state index is 5.36. The minimum Gasteiger partial charge on any atom is -0.478 e. The van der Waals surface area contributed by atoms with Gasteiger partial charge in [0.15, 0.2) is 0 Å². The van der Waals surface area contributed by atoms with Crippen molar-refractivity contribution in [3.05, 3.63) is 47.8 Å². The molecule has 1 aromatic carbocycles. The third kappa shape index (κ3) is 3.68. The third-order valence-electron chi connectivity index (χ3n) is 2.88. The molecule has 19 heavy (non-hydrogen) atoms. The van der Waals surface area contributed by atoms with Crippen molar-refractivity contribution >= 4 is 5.82 Å². The molecule has 0 bridgehead atoms. The van der Waals surface area contributed by atoms with E-state index in [-0.39, 0.29) is 6.04 Å². The molecule has 0 fully saturated rings. The fourth-order valence-electron chi connectivity index (χ4n) is 1.81. The Balaban J connectivity index is 2.07. The van der Waals surface area contributed by atoms with Crippen molar-refractivity contribution in [2.45, 2.75) is 26.8 Å². The van der Waals surface area contributed by atoms with Crippen LogP contribution < -0.4 is 10.1 Å². The van der Waals surface area contributed by atoms with Crippen molar-refractivity contribution in [1.29, 1.82) is 0 Å². The first-order valence-corrected chi connectivity index (χ1v) is 6.47. The molecule has 0 aliphatic carbocycles. The predicted octanol–water partition coefficient (Wildman–Crippen LogP) is 3.36. The van der Waals surface area contributed by atoms with Gasteiger partial charge < -0.3 is 10.1 Å². The molecule has 1 atom stereocenters. The summed E-state index contributed by atoms with van der Waals surface area (Å²) in [6.07, 6.45) is 1.51. The molecule has 0 saturated heterocycles. The van der Waals surface area contributed by atoms with Crippen LogP contribution >= 0.6 is 0 Å². The van der Waals surface area contributed by atoms with E-state index in [2.05, 4.69) is 53.4 Å². The lowest BCUT2D eigenvalue weighted by Crippen LogP contribution is -2.08. The van der Waals surface area contributed by atoms with Crippen LogP contribution in [-0.2, 0) is 0 Å². The van der Waals surface area contributed by atoms with Gasteiger partial charge in [0.05, 0.1) is 6.61 Å². The highest BCUT2D eigenvalue weighted by Gasteiger charge is 2.06. The molecule has 1 unspecified atom stereocenters. The standard InChI is InChI=1S/C15H19N3O/c1-4-19-15-9-14(16-10-17-15)18-12(3)13-7-5-11(2)6-8-13/h5-10,12H,4H2,1-3H3,(H,16,17,18). The van der Waals surface area contributed by atoms with Crippen molar-refractivity contribution < 1.29 is 4.74 Å². The van der Waals surface area contributed by atoms with Gasteiger partial charge in [-0.2, -0.15) is 0 Å². The Kier molecular flexibility index (Phi) is 4.34. The molecule has 2 aromatic rings. The molecule has 1 N–H and O–H groups in total. The van der Waals surface area contributed by atoms with Crippen LogP contribution in [-0.4, -0.2) is 16.6 Å². The number of ether oxygens (including phenoxy) is 1. The Labute approximate surface area is 113 Å². The van der Waals surface area contributed by atoms with Crippen molar-refractivity contribution in [2.24, 2.45) is 0 Å². The van der Waals surface area contributed by atoms with Crippen LogP contribution in [0.5, 0.6) is 5.88 Å². The number of anilines is 1. The maximum absolute atomic E-state index is 5.36. The minimum absolute atomic E-state index is 0.185. The van der Waals surface area contributed by atoms with E-state index in [1.54, 1.807) is 0 Å². The molecule has 0 radical (unpaired) electrons. The van der Waals surface area contributed by atoms with Crippen LogP contribution in [0.2, 0.25) is 0 Å². The fraction of sp³-hybridized carbons (Fsp3) is 0.333. The van der Waals surface area contributed by atoms with Gasteiger partial charge in [-0.15, -0.1) is 0 Å². The van der Waals surface area contributed by atoms with E-state index in [9.17, 15) is 0 Å². The quantitative estimate of drug-likeness (QED) is 0.892. The summed E-state index contributed by atoms with van der Waals surface area (Å²) in [4.78, 5) is 8.25. The van der Waals surface area contributed by atoms with Gasteiger partial charge in [0.2, 0.25) is 5.88 Å². The van der Waals surface area contributed by atoms with E-state index in [1.165, 1.54) is 17.5 Å². The summed E-state index contributed by atoms with van der Waals surface area (Å²) in [5, 5.41) is 3.35. The largest absolute Gasteiger partial charge is 0.478 e. The van der Waals surface area contributed by atoms with Crippen molar-refractivity contribution in [3.63, 3.8) is 0 Å². The number of benzene rings is 1. The van der Waals surface area contributed by atoms with Gasteiger partial charge in [-0.05, 0) is 26.3 Å². The average Bonchev–Trinajstić information content (AvgIpc) is 2.40. The van der Waals surface area contributed by atoms with Gasteiger partial charge >= 0.3 is 0 Å². The number of rotatable bonds is 5. The zero-order valence-corrected chi connectivity index (χ0v) is 11.6. The molecule has 0 spiro atoms. The van der Waals surface area contributed by atoms with Gasteiger partial charge in [-0.3, -0.25) is 0 Å². The van der Waals surface area contributed by atoms with Crippen molar-refractivity contribution in [2.75, 3.05) is 11.9 Å². The second kappa shape index (κ2) is 6.18. The number of nitrogens with zero attached hydrogens (tertiary/aromatic N) is 2. The molecular formula is C15H19N3O. The molecule has 1 aromatic heterocycles. The summed E-state index contributed by atoms with van der Waals surface area (Å²) in [5.74, 6) is 1.36. The zero-order chi connectivity index (χ0) is 13.7. The molecule has 0 amide bonds. The van der Waals surface area contributed by atoms with E-state index >= 15 is 0 Å². The average molecular weight is 257 g/mol. The van der Waals surface area contributed by atoms with Crippen LogP contribution in [0.4, 0.5) is 5.82 Å². The second-order valence-electron chi connectivity index (χ2n) is 4.45. The molecule has 4 nitrogen and oxygen atoms in total. The normalized spacial score (nSPS) is 11.9. The highest BCUT2D eigenvalue weighted by molar-refractivity contribution is 5.40. The van der Waals surface area contributed by atoms with E-state index < -0.39 is 0 Å². The highest BCUT2D eigenvalue weighted by Crippen LogP contribution is 2.19. The van der Waals surface area contributed by atoms with E-state index in [1.807, 2.05) is 13.0 Å². The van der Waals surface area contributed by atoms with Gasteiger partial charge in [0, 0.05) is 12.1 Å². The lowest BCUT2D eigenvalue weighted by Gasteiger charge is -2.15. The lowest BCUT2D eigenvalue weighted by atomic mass is 10.1. The Bertz CT molecular complexity index is 525. The Hall–Kier alpha value is -2.10. The molecule has 4 heteroatoms. The summed E-state index contributed by atoms with van der Waals surface area (Å²) in [6, 6.07) is 10.5. The predicted molar refractivity (Wildman–Crippen MR) is 76.4 cm³/mol. The van der Waals surface area contributed by atoms with Gasteiger partial charge in [0.25, 0.3) is 0 Å². The zero-order valence-electron chi connectivity index (χ0n) is 11.6. The molecule has 100 valence electrons. The van der Waals surface area contributed by atoms with Crippen LogP contribution in [0.3, 0.4) is 0 Å².